The van der Waals surface area contributed by atoms with Crippen molar-refractivity contribution in [3.63, 3.8) is 0 Å². The molecule has 0 aliphatic rings. The molecule has 4 nitrogen and oxygen atoms in total. The second kappa shape index (κ2) is 8.93. The number of nitrogens with two attached hydrogens (primary N) is 2. The molecular formula is C8H22N4. The third kappa shape index (κ3) is 6.54. The molecule has 0 rings (SSSR count). The molecule has 5 N–H and O–H groups in total. The highest BCUT2D eigenvalue weighted by molar-refractivity contribution is 4.59. The molecule has 0 spiro atoms. The largest absolute Gasteiger partial charge is 0.330 e. The summed E-state index contributed by atoms with van der Waals surface area (Å²) in [4.78, 5) is 2.34. The first-order valence-corrected chi connectivity index (χ1v) is 4.62. The monoisotopic (exact) mass is 174 g/mol. The number of likely N-dealkylation sites (N-methyl/N-ethyl adjacent to an activating group) is 1. The van der Waals surface area contributed by atoms with E-state index < -0.39 is 0 Å². The van der Waals surface area contributed by atoms with Crippen LogP contribution < -0.4 is 16.8 Å². The van der Waals surface area contributed by atoms with Crippen LogP contribution in [0.1, 0.15) is 6.42 Å². The minimum atomic E-state index is 0.730. The predicted molar refractivity (Wildman–Crippen MR) is 53.1 cm³/mol. The lowest BCUT2D eigenvalue weighted by Crippen LogP contribution is -2.36. The van der Waals surface area contributed by atoms with Gasteiger partial charge < -0.3 is 21.7 Å². The molecule has 0 aliphatic heterocycles. The van der Waals surface area contributed by atoms with Gasteiger partial charge >= 0.3 is 0 Å². The maximum atomic E-state index is 5.48. The van der Waals surface area contributed by atoms with E-state index in [2.05, 4.69) is 10.2 Å². The summed E-state index contributed by atoms with van der Waals surface area (Å²) in [6.45, 7) is 5.62. The Balaban J connectivity index is 3.40. The van der Waals surface area contributed by atoms with E-state index in [1.165, 1.54) is 0 Å². The van der Waals surface area contributed by atoms with Gasteiger partial charge in [-0.15, -0.1) is 0 Å². The fourth-order valence-corrected chi connectivity index (χ4v) is 1.10. The lowest BCUT2D eigenvalue weighted by molar-refractivity contribution is 0.281. The average Bonchev–Trinajstić information content (AvgIpc) is 2.10. The van der Waals surface area contributed by atoms with Crippen molar-refractivity contribution >= 4 is 0 Å². The quantitative estimate of drug-likeness (QED) is 0.433. The summed E-state index contributed by atoms with van der Waals surface area (Å²) in [5, 5.41) is 3.12. The third-order valence-corrected chi connectivity index (χ3v) is 1.80. The Kier molecular flexibility index (Phi) is 8.81. The minimum Gasteiger partial charge on any atom is -0.330 e. The molecule has 74 valence electrons. The molecule has 0 saturated heterocycles. The van der Waals surface area contributed by atoms with E-state index in [0.29, 0.717) is 0 Å². The summed E-state index contributed by atoms with van der Waals surface area (Å²) in [5.74, 6) is 0. The van der Waals surface area contributed by atoms with E-state index in [1.807, 2.05) is 7.05 Å². The van der Waals surface area contributed by atoms with Crippen molar-refractivity contribution in [3.05, 3.63) is 0 Å². The Bertz CT molecular complexity index is 79.1. The first-order valence-electron chi connectivity index (χ1n) is 4.62. The Morgan fingerprint density at radius 2 is 1.83 bits per heavy atom. The van der Waals surface area contributed by atoms with Gasteiger partial charge in [-0.2, -0.15) is 0 Å². The molecule has 0 atom stereocenters. The Labute approximate surface area is 75.3 Å². The van der Waals surface area contributed by atoms with Crippen LogP contribution in [0, 0.1) is 0 Å². The molecule has 0 aromatic heterocycles. The van der Waals surface area contributed by atoms with Crippen molar-refractivity contribution in [1.29, 1.82) is 0 Å². The standard InChI is InChI=1S/C8H22N4/c1-11-5-8-12(7-4-10)6-2-3-9/h11H,2-10H2,1H3. The van der Waals surface area contributed by atoms with Gasteiger partial charge in [0.1, 0.15) is 0 Å². The van der Waals surface area contributed by atoms with Gasteiger partial charge in [0.05, 0.1) is 0 Å². The van der Waals surface area contributed by atoms with Gasteiger partial charge in [0, 0.05) is 26.2 Å². The normalized spacial score (nSPS) is 11.0. The van der Waals surface area contributed by atoms with Gasteiger partial charge in [-0.05, 0) is 26.6 Å². The van der Waals surface area contributed by atoms with Crippen molar-refractivity contribution in [2.24, 2.45) is 11.5 Å². The van der Waals surface area contributed by atoms with Crippen LogP contribution >= 0.6 is 0 Å². The molecule has 0 aromatic rings. The van der Waals surface area contributed by atoms with E-state index in [4.69, 9.17) is 11.5 Å². The van der Waals surface area contributed by atoms with Crippen molar-refractivity contribution in [2.45, 2.75) is 6.42 Å². The van der Waals surface area contributed by atoms with E-state index >= 15 is 0 Å². The number of hydrogen-bond donors (Lipinski definition) is 3. The molecule has 0 unspecified atom stereocenters. The number of hydrogen-bond acceptors (Lipinski definition) is 4. The van der Waals surface area contributed by atoms with Crippen LogP contribution in [-0.4, -0.2) is 51.2 Å². The maximum absolute atomic E-state index is 5.48. The molecule has 0 amide bonds. The predicted octanol–water partition coefficient (Wildman–Crippen LogP) is -1.18. The molecule has 0 aromatic carbocycles. The summed E-state index contributed by atoms with van der Waals surface area (Å²) in [6, 6.07) is 0. The summed E-state index contributed by atoms with van der Waals surface area (Å²) < 4.78 is 0. The van der Waals surface area contributed by atoms with Gasteiger partial charge in [0.2, 0.25) is 0 Å². The fraction of sp³-hybridized carbons (Fsp3) is 1.00. The van der Waals surface area contributed by atoms with Crippen LogP contribution in [0.3, 0.4) is 0 Å². The van der Waals surface area contributed by atoms with E-state index in [9.17, 15) is 0 Å². The Hall–Kier alpha value is -0.160. The van der Waals surface area contributed by atoms with Crippen LogP contribution in [0.2, 0.25) is 0 Å². The number of nitrogens with zero attached hydrogens (tertiary/aromatic N) is 1. The zero-order valence-corrected chi connectivity index (χ0v) is 8.05. The number of nitrogens with one attached hydrogen (secondary N) is 1. The molecule has 0 aliphatic carbocycles. The van der Waals surface area contributed by atoms with Gasteiger partial charge in [0.25, 0.3) is 0 Å². The van der Waals surface area contributed by atoms with E-state index in [0.717, 1.165) is 45.7 Å². The molecule has 0 bridgehead atoms. The van der Waals surface area contributed by atoms with Crippen LogP contribution in [-0.2, 0) is 0 Å². The van der Waals surface area contributed by atoms with Gasteiger partial charge in [0.15, 0.2) is 0 Å². The summed E-state index contributed by atoms with van der Waals surface area (Å²) in [6.07, 6.45) is 1.06. The van der Waals surface area contributed by atoms with Crippen molar-refractivity contribution in [3.8, 4) is 0 Å². The first-order chi connectivity index (χ1) is 5.85. The smallest absolute Gasteiger partial charge is 0.0107 e. The third-order valence-electron chi connectivity index (χ3n) is 1.80. The van der Waals surface area contributed by atoms with Crippen LogP contribution in [0.5, 0.6) is 0 Å². The zero-order chi connectivity index (χ0) is 9.23. The first kappa shape index (κ1) is 11.8. The molecule has 12 heavy (non-hydrogen) atoms. The summed E-state index contributed by atoms with van der Waals surface area (Å²) in [5.41, 5.74) is 10.9. The van der Waals surface area contributed by atoms with E-state index in [-0.39, 0.29) is 0 Å². The van der Waals surface area contributed by atoms with Crippen molar-refractivity contribution in [1.82, 2.24) is 10.2 Å². The molecule has 4 heteroatoms. The molecular weight excluding hydrogens is 152 g/mol. The fourth-order valence-electron chi connectivity index (χ4n) is 1.10. The zero-order valence-electron chi connectivity index (χ0n) is 8.05. The molecule has 0 heterocycles. The average molecular weight is 174 g/mol. The van der Waals surface area contributed by atoms with Crippen molar-refractivity contribution < 1.29 is 0 Å². The van der Waals surface area contributed by atoms with Crippen LogP contribution in [0.25, 0.3) is 0 Å². The topological polar surface area (TPSA) is 67.3 Å². The Morgan fingerprint density at radius 3 is 2.33 bits per heavy atom. The highest BCUT2D eigenvalue weighted by Crippen LogP contribution is 1.88. The SMILES string of the molecule is CNCCN(CCN)CCCN. The molecule has 0 saturated carbocycles. The maximum Gasteiger partial charge on any atom is 0.0107 e. The van der Waals surface area contributed by atoms with Gasteiger partial charge in [-0.3, -0.25) is 0 Å². The second-order valence-corrected chi connectivity index (χ2v) is 2.88. The molecule has 0 fully saturated rings. The van der Waals surface area contributed by atoms with Crippen LogP contribution in [0.4, 0.5) is 0 Å². The summed E-state index contributed by atoms with van der Waals surface area (Å²) in [7, 11) is 1.96. The number of rotatable bonds is 8. The Morgan fingerprint density at radius 1 is 1.08 bits per heavy atom. The van der Waals surface area contributed by atoms with Gasteiger partial charge in [-0.1, -0.05) is 0 Å². The molecule has 0 radical (unpaired) electrons. The second-order valence-electron chi connectivity index (χ2n) is 2.88. The van der Waals surface area contributed by atoms with Gasteiger partial charge in [-0.25, -0.2) is 0 Å². The minimum absolute atomic E-state index is 0.730. The summed E-state index contributed by atoms with van der Waals surface area (Å²) >= 11 is 0. The van der Waals surface area contributed by atoms with Crippen LogP contribution in [0.15, 0.2) is 0 Å². The lowest BCUT2D eigenvalue weighted by atomic mass is 10.3. The van der Waals surface area contributed by atoms with Crippen molar-refractivity contribution in [2.75, 3.05) is 46.3 Å². The highest BCUT2D eigenvalue weighted by Gasteiger charge is 2.00. The highest BCUT2D eigenvalue weighted by atomic mass is 15.1. The van der Waals surface area contributed by atoms with E-state index in [1.54, 1.807) is 0 Å². The lowest BCUT2D eigenvalue weighted by Gasteiger charge is -2.20.